The van der Waals surface area contributed by atoms with Crippen LogP contribution < -0.4 is 11.1 Å². The van der Waals surface area contributed by atoms with Crippen molar-refractivity contribution in [1.82, 2.24) is 5.32 Å². The monoisotopic (exact) mass is 187 g/mol. The van der Waals surface area contributed by atoms with Gasteiger partial charge in [0.1, 0.15) is 0 Å². The summed E-state index contributed by atoms with van der Waals surface area (Å²) in [4.78, 5) is 4.21. The predicted octanol–water partition coefficient (Wildman–Crippen LogP) is 0.724. The smallest absolute Gasteiger partial charge is 0.189 e. The number of nitrogens with two attached hydrogens (primary N) is 1. The van der Waals surface area contributed by atoms with Gasteiger partial charge in [0.15, 0.2) is 5.96 Å². The highest BCUT2D eigenvalue weighted by Crippen LogP contribution is 1.98. The molecule has 0 aliphatic heterocycles. The van der Waals surface area contributed by atoms with Crippen LogP contribution in [0.2, 0.25) is 0 Å². The molecule has 0 rings (SSSR count). The van der Waals surface area contributed by atoms with Crippen LogP contribution in [0.1, 0.15) is 27.7 Å². The van der Waals surface area contributed by atoms with Gasteiger partial charge in [0, 0.05) is 12.6 Å². The van der Waals surface area contributed by atoms with Gasteiger partial charge in [-0.05, 0) is 27.7 Å². The Kier molecular flexibility index (Phi) is 4.77. The summed E-state index contributed by atoms with van der Waals surface area (Å²) in [5.74, 6) is 0.469. The zero-order valence-corrected chi connectivity index (χ0v) is 9.22. The van der Waals surface area contributed by atoms with E-state index in [-0.39, 0.29) is 11.6 Å². The summed E-state index contributed by atoms with van der Waals surface area (Å²) in [6.07, 6.45) is 0. The minimum Gasteiger partial charge on any atom is -0.382 e. The maximum atomic E-state index is 5.67. The SMILES string of the molecule is COCC(C)N=C(N)NC(C)(C)C. The number of ether oxygens (including phenoxy) is 1. The Bertz CT molecular complexity index is 172. The van der Waals surface area contributed by atoms with Gasteiger partial charge in [0.05, 0.1) is 12.6 Å². The van der Waals surface area contributed by atoms with E-state index in [9.17, 15) is 0 Å². The van der Waals surface area contributed by atoms with Crippen LogP contribution in [0.5, 0.6) is 0 Å². The molecule has 0 aliphatic rings. The van der Waals surface area contributed by atoms with E-state index in [1.165, 1.54) is 0 Å². The van der Waals surface area contributed by atoms with Crippen molar-refractivity contribution in [3.05, 3.63) is 0 Å². The lowest BCUT2D eigenvalue weighted by molar-refractivity contribution is 0.185. The van der Waals surface area contributed by atoms with Crippen molar-refractivity contribution in [2.45, 2.75) is 39.3 Å². The Morgan fingerprint density at radius 2 is 2.08 bits per heavy atom. The summed E-state index contributed by atoms with van der Waals surface area (Å²) >= 11 is 0. The van der Waals surface area contributed by atoms with Gasteiger partial charge < -0.3 is 15.8 Å². The maximum absolute atomic E-state index is 5.67. The van der Waals surface area contributed by atoms with Gasteiger partial charge in [-0.1, -0.05) is 0 Å². The molecule has 0 saturated heterocycles. The first-order valence-electron chi connectivity index (χ1n) is 4.45. The summed E-state index contributed by atoms with van der Waals surface area (Å²) in [5, 5.41) is 3.08. The van der Waals surface area contributed by atoms with Gasteiger partial charge in [0.25, 0.3) is 0 Å². The highest BCUT2D eigenvalue weighted by Gasteiger charge is 2.10. The van der Waals surface area contributed by atoms with Gasteiger partial charge in [-0.2, -0.15) is 0 Å². The Morgan fingerprint density at radius 3 is 2.46 bits per heavy atom. The second-order valence-corrected chi connectivity index (χ2v) is 4.19. The van der Waals surface area contributed by atoms with Crippen LogP contribution in [0.25, 0.3) is 0 Å². The van der Waals surface area contributed by atoms with Crippen LogP contribution in [-0.4, -0.2) is 31.3 Å². The number of hydrogen-bond donors (Lipinski definition) is 2. The molecule has 0 radical (unpaired) electrons. The molecule has 0 saturated carbocycles. The molecule has 1 atom stereocenters. The lowest BCUT2D eigenvalue weighted by Gasteiger charge is -2.21. The number of hydrogen-bond acceptors (Lipinski definition) is 2. The number of nitrogens with zero attached hydrogens (tertiary/aromatic N) is 1. The molecule has 78 valence electrons. The summed E-state index contributed by atoms with van der Waals surface area (Å²) < 4.78 is 4.94. The van der Waals surface area contributed by atoms with E-state index in [1.807, 2.05) is 27.7 Å². The lowest BCUT2D eigenvalue weighted by Crippen LogP contribution is -2.45. The average molecular weight is 187 g/mol. The van der Waals surface area contributed by atoms with Crippen molar-refractivity contribution in [2.24, 2.45) is 10.7 Å². The van der Waals surface area contributed by atoms with Crippen molar-refractivity contribution in [1.29, 1.82) is 0 Å². The summed E-state index contributed by atoms with van der Waals surface area (Å²) in [5.41, 5.74) is 5.63. The number of guanidine groups is 1. The van der Waals surface area contributed by atoms with Gasteiger partial charge in [-0.15, -0.1) is 0 Å². The Labute approximate surface area is 80.6 Å². The fraction of sp³-hybridized carbons (Fsp3) is 0.889. The zero-order valence-electron chi connectivity index (χ0n) is 9.22. The third-order valence-corrected chi connectivity index (χ3v) is 1.27. The van der Waals surface area contributed by atoms with E-state index in [4.69, 9.17) is 10.5 Å². The highest BCUT2D eigenvalue weighted by molar-refractivity contribution is 5.78. The summed E-state index contributed by atoms with van der Waals surface area (Å²) in [6, 6.07) is 0.0971. The molecule has 0 aliphatic carbocycles. The van der Waals surface area contributed by atoms with Crippen molar-refractivity contribution >= 4 is 5.96 Å². The highest BCUT2D eigenvalue weighted by atomic mass is 16.5. The first kappa shape index (κ1) is 12.2. The van der Waals surface area contributed by atoms with Crippen molar-refractivity contribution in [3.8, 4) is 0 Å². The molecule has 13 heavy (non-hydrogen) atoms. The van der Waals surface area contributed by atoms with E-state index in [2.05, 4.69) is 10.3 Å². The predicted molar refractivity (Wildman–Crippen MR) is 55.8 cm³/mol. The third kappa shape index (κ3) is 7.59. The molecule has 0 amide bonds. The van der Waals surface area contributed by atoms with Crippen LogP contribution in [0.15, 0.2) is 4.99 Å². The number of methoxy groups -OCH3 is 1. The number of aliphatic imine (C=N–C) groups is 1. The Balaban J connectivity index is 4.01. The summed E-state index contributed by atoms with van der Waals surface area (Å²) in [7, 11) is 1.65. The van der Waals surface area contributed by atoms with Crippen molar-refractivity contribution in [2.75, 3.05) is 13.7 Å². The molecule has 0 aromatic carbocycles. The van der Waals surface area contributed by atoms with E-state index < -0.39 is 0 Å². The third-order valence-electron chi connectivity index (χ3n) is 1.27. The molecular weight excluding hydrogens is 166 g/mol. The molecule has 0 aromatic heterocycles. The minimum atomic E-state index is -0.0413. The standard InChI is InChI=1S/C9H21N3O/c1-7(6-13-5)11-8(10)12-9(2,3)4/h7H,6H2,1-5H3,(H3,10,11,12). The second-order valence-electron chi connectivity index (χ2n) is 4.19. The molecule has 3 N–H and O–H groups in total. The van der Waals surface area contributed by atoms with Crippen molar-refractivity contribution < 1.29 is 4.74 Å². The number of nitrogens with one attached hydrogen (secondary N) is 1. The minimum absolute atomic E-state index is 0.0413. The Hall–Kier alpha value is -0.770. The average Bonchev–Trinajstić information content (AvgIpc) is 1.81. The van der Waals surface area contributed by atoms with Crippen LogP contribution in [-0.2, 0) is 4.74 Å². The molecular formula is C9H21N3O. The van der Waals surface area contributed by atoms with E-state index in [0.29, 0.717) is 12.6 Å². The fourth-order valence-corrected chi connectivity index (χ4v) is 0.932. The van der Waals surface area contributed by atoms with E-state index in [1.54, 1.807) is 7.11 Å². The maximum Gasteiger partial charge on any atom is 0.189 e. The number of rotatable bonds is 3. The lowest BCUT2D eigenvalue weighted by atomic mass is 10.1. The largest absolute Gasteiger partial charge is 0.382 e. The van der Waals surface area contributed by atoms with Crippen molar-refractivity contribution in [3.63, 3.8) is 0 Å². The van der Waals surface area contributed by atoms with Crippen LogP contribution in [0.4, 0.5) is 0 Å². The molecule has 4 nitrogen and oxygen atoms in total. The second kappa shape index (κ2) is 5.07. The van der Waals surface area contributed by atoms with Gasteiger partial charge in [-0.25, -0.2) is 4.99 Å². The van der Waals surface area contributed by atoms with E-state index >= 15 is 0 Å². The van der Waals surface area contributed by atoms with E-state index in [0.717, 1.165) is 0 Å². The van der Waals surface area contributed by atoms with Gasteiger partial charge in [-0.3, -0.25) is 0 Å². The topological polar surface area (TPSA) is 59.6 Å². The van der Waals surface area contributed by atoms with Crippen LogP contribution in [0, 0.1) is 0 Å². The molecule has 0 heterocycles. The Morgan fingerprint density at radius 1 is 1.54 bits per heavy atom. The fourth-order valence-electron chi connectivity index (χ4n) is 0.932. The van der Waals surface area contributed by atoms with Gasteiger partial charge in [0.2, 0.25) is 0 Å². The molecule has 0 aromatic rings. The first-order chi connectivity index (χ1) is 5.85. The molecule has 4 heteroatoms. The normalized spacial score (nSPS) is 15.6. The molecule has 0 spiro atoms. The van der Waals surface area contributed by atoms with Gasteiger partial charge >= 0.3 is 0 Å². The quantitative estimate of drug-likeness (QED) is 0.505. The first-order valence-corrected chi connectivity index (χ1v) is 4.45. The molecule has 1 unspecified atom stereocenters. The zero-order chi connectivity index (χ0) is 10.5. The van der Waals surface area contributed by atoms with Crippen LogP contribution in [0.3, 0.4) is 0 Å². The molecule has 0 bridgehead atoms. The van der Waals surface area contributed by atoms with Crippen LogP contribution >= 0.6 is 0 Å². The summed E-state index contributed by atoms with van der Waals surface area (Å²) in [6.45, 7) is 8.66. The molecule has 0 fully saturated rings.